The van der Waals surface area contributed by atoms with E-state index >= 15 is 0 Å². The highest BCUT2D eigenvalue weighted by Crippen LogP contribution is 2.50. The van der Waals surface area contributed by atoms with Gasteiger partial charge in [0.1, 0.15) is 11.9 Å². The highest BCUT2D eigenvalue weighted by atomic mass is 79.9. The van der Waals surface area contributed by atoms with Crippen molar-refractivity contribution in [3.8, 4) is 23.1 Å². The molecule has 0 spiro atoms. The zero-order chi connectivity index (χ0) is 22.6. The van der Waals surface area contributed by atoms with Gasteiger partial charge in [0.05, 0.1) is 11.3 Å². The molecule has 5 rings (SSSR count). The number of ketones is 1. The van der Waals surface area contributed by atoms with Crippen molar-refractivity contribution in [1.82, 2.24) is 9.55 Å². The first kappa shape index (κ1) is 20.9. The van der Waals surface area contributed by atoms with Crippen molar-refractivity contribution in [2.45, 2.75) is 39.0 Å². The van der Waals surface area contributed by atoms with Crippen molar-refractivity contribution in [3.63, 3.8) is 0 Å². The molecule has 3 aromatic rings. The van der Waals surface area contributed by atoms with Crippen molar-refractivity contribution in [2.75, 3.05) is 0 Å². The Labute approximate surface area is 196 Å². The first-order valence-corrected chi connectivity index (χ1v) is 11.7. The molecule has 0 saturated carbocycles. The highest BCUT2D eigenvalue weighted by Gasteiger charge is 2.50. The van der Waals surface area contributed by atoms with Gasteiger partial charge in [0.25, 0.3) is 0 Å². The number of carbonyl (C=O) groups is 1. The molecule has 0 saturated heterocycles. The van der Waals surface area contributed by atoms with E-state index in [1.54, 1.807) is 0 Å². The Balaban J connectivity index is 1.82. The van der Waals surface area contributed by atoms with Crippen molar-refractivity contribution in [3.05, 3.63) is 81.6 Å². The first-order valence-electron chi connectivity index (χ1n) is 11.0. The van der Waals surface area contributed by atoms with Crippen LogP contribution in [0.4, 0.5) is 0 Å². The molecule has 0 bridgehead atoms. The molecule has 0 fully saturated rings. The van der Waals surface area contributed by atoms with E-state index in [1.165, 1.54) is 11.3 Å². The molecule has 0 amide bonds. The third-order valence-electron chi connectivity index (χ3n) is 7.14. The van der Waals surface area contributed by atoms with Gasteiger partial charge in [-0.25, -0.2) is 4.98 Å². The monoisotopic (exact) mass is 485 g/mol. The van der Waals surface area contributed by atoms with Gasteiger partial charge >= 0.3 is 0 Å². The van der Waals surface area contributed by atoms with Crippen molar-refractivity contribution in [2.24, 2.45) is 11.8 Å². The van der Waals surface area contributed by atoms with Crippen molar-refractivity contribution in [1.29, 1.82) is 5.26 Å². The summed E-state index contributed by atoms with van der Waals surface area (Å²) in [6.45, 7) is 6.21. The van der Waals surface area contributed by atoms with Gasteiger partial charge in [-0.05, 0) is 55.5 Å². The number of allylic oxidation sites excluding steroid dienone is 2. The molecule has 1 aromatic heterocycles. The van der Waals surface area contributed by atoms with Crippen LogP contribution in [0.1, 0.15) is 37.2 Å². The zero-order valence-electron chi connectivity index (χ0n) is 18.4. The SMILES string of the molecule is Cc1cccc(-n2c(-c3cccc(Br)c3)nc3c2CC[C@@H]2[C@@H](C)C(=O)C(C#N)=C[C@@]32C)c1. The van der Waals surface area contributed by atoms with E-state index in [4.69, 9.17) is 4.98 Å². The quantitative estimate of drug-likeness (QED) is 0.440. The van der Waals surface area contributed by atoms with Gasteiger partial charge in [-0.15, -0.1) is 0 Å². The molecule has 160 valence electrons. The lowest BCUT2D eigenvalue weighted by molar-refractivity contribution is -0.121. The van der Waals surface area contributed by atoms with Gasteiger partial charge in [0.15, 0.2) is 5.78 Å². The van der Waals surface area contributed by atoms with Gasteiger partial charge in [-0.3, -0.25) is 9.36 Å². The van der Waals surface area contributed by atoms with Crippen molar-refractivity contribution >= 4 is 21.7 Å². The number of hydrogen-bond donors (Lipinski definition) is 0. The molecule has 0 unspecified atom stereocenters. The lowest BCUT2D eigenvalue weighted by Crippen LogP contribution is -2.45. The number of carbonyl (C=O) groups excluding carboxylic acids is 1. The summed E-state index contributed by atoms with van der Waals surface area (Å²) in [7, 11) is 0. The van der Waals surface area contributed by atoms with Crippen LogP contribution in [-0.2, 0) is 16.6 Å². The number of halogens is 1. The summed E-state index contributed by atoms with van der Waals surface area (Å²) in [4.78, 5) is 18.0. The second-order valence-electron chi connectivity index (χ2n) is 9.17. The summed E-state index contributed by atoms with van der Waals surface area (Å²) in [5, 5.41) is 9.64. The Morgan fingerprint density at radius 3 is 2.72 bits per heavy atom. The number of hydrogen-bond acceptors (Lipinski definition) is 3. The molecule has 4 nitrogen and oxygen atoms in total. The van der Waals surface area contributed by atoms with Gasteiger partial charge < -0.3 is 0 Å². The number of fused-ring (bicyclic) bond motifs is 3. The lowest BCUT2D eigenvalue weighted by Gasteiger charge is -2.44. The van der Waals surface area contributed by atoms with E-state index in [2.05, 4.69) is 76.8 Å². The standard InChI is InChI=1S/C27H24BrN3O/c1-16-6-4-9-21(12-16)31-23-11-10-22-17(2)24(32)19(15-29)14-27(22,3)25(23)30-26(31)18-7-5-8-20(28)13-18/h4-9,12-14,17,22H,10-11H2,1-3H3/t17-,22-,27-/m1/s1. The number of aryl methyl sites for hydroxylation is 1. The highest BCUT2D eigenvalue weighted by molar-refractivity contribution is 9.10. The topological polar surface area (TPSA) is 58.7 Å². The Hall–Kier alpha value is -2.97. The second kappa shape index (κ2) is 7.56. The minimum atomic E-state index is -0.457. The number of rotatable bonds is 2. The summed E-state index contributed by atoms with van der Waals surface area (Å²) >= 11 is 3.60. The van der Waals surface area contributed by atoms with Crippen LogP contribution >= 0.6 is 15.9 Å². The molecule has 1 heterocycles. The predicted molar refractivity (Wildman–Crippen MR) is 128 cm³/mol. The third kappa shape index (κ3) is 3.09. The molecule has 5 heteroatoms. The molecule has 32 heavy (non-hydrogen) atoms. The molecule has 0 radical (unpaired) electrons. The summed E-state index contributed by atoms with van der Waals surface area (Å²) < 4.78 is 3.27. The van der Waals surface area contributed by atoms with Crippen LogP contribution in [0.5, 0.6) is 0 Å². The van der Waals surface area contributed by atoms with E-state index in [0.29, 0.717) is 0 Å². The zero-order valence-corrected chi connectivity index (χ0v) is 20.0. The van der Waals surface area contributed by atoms with Crippen LogP contribution in [0.3, 0.4) is 0 Å². The molecule has 2 aliphatic rings. The largest absolute Gasteiger partial charge is 0.296 e. The maximum Gasteiger partial charge on any atom is 0.176 e. The molecule has 3 atom stereocenters. The first-order chi connectivity index (χ1) is 15.3. The Morgan fingerprint density at radius 1 is 1.22 bits per heavy atom. The fourth-order valence-corrected chi connectivity index (χ4v) is 5.98. The van der Waals surface area contributed by atoms with Gasteiger partial charge in [-0.1, -0.05) is 60.1 Å². The van der Waals surface area contributed by atoms with Gasteiger partial charge in [0.2, 0.25) is 0 Å². The van der Waals surface area contributed by atoms with E-state index in [9.17, 15) is 10.1 Å². The molecular weight excluding hydrogens is 462 g/mol. The maximum absolute atomic E-state index is 12.7. The fraction of sp³-hybridized carbons (Fsp3) is 0.296. The Bertz CT molecular complexity index is 1330. The van der Waals surface area contributed by atoms with Gasteiger partial charge in [-0.2, -0.15) is 5.26 Å². The maximum atomic E-state index is 12.7. The summed E-state index contributed by atoms with van der Waals surface area (Å²) in [6, 6.07) is 18.8. The van der Waals surface area contributed by atoms with Crippen LogP contribution in [0.15, 0.2) is 64.7 Å². The average Bonchev–Trinajstić information content (AvgIpc) is 3.17. The molecule has 2 aliphatic carbocycles. The third-order valence-corrected chi connectivity index (χ3v) is 7.63. The molecule has 0 N–H and O–H groups in total. The summed E-state index contributed by atoms with van der Waals surface area (Å²) in [5.41, 5.74) is 5.26. The lowest BCUT2D eigenvalue weighted by atomic mass is 9.58. The molecule has 2 aromatic carbocycles. The number of aromatic nitrogens is 2. The summed E-state index contributed by atoms with van der Waals surface area (Å²) in [5.74, 6) is 0.797. The van der Waals surface area contributed by atoms with Crippen LogP contribution in [0.25, 0.3) is 17.1 Å². The number of nitriles is 1. The smallest absolute Gasteiger partial charge is 0.176 e. The van der Waals surface area contributed by atoms with E-state index in [0.717, 1.165) is 40.1 Å². The Kier molecular flexibility index (Phi) is 4.94. The van der Waals surface area contributed by atoms with E-state index in [1.807, 2.05) is 25.1 Å². The van der Waals surface area contributed by atoms with Crippen LogP contribution in [0.2, 0.25) is 0 Å². The Morgan fingerprint density at radius 2 is 2.00 bits per heavy atom. The number of imidazole rings is 1. The molecule has 0 aliphatic heterocycles. The van der Waals surface area contributed by atoms with Crippen LogP contribution in [-0.4, -0.2) is 15.3 Å². The fourth-order valence-electron chi connectivity index (χ4n) is 5.58. The number of nitrogens with zero attached hydrogens (tertiary/aromatic N) is 3. The second-order valence-corrected chi connectivity index (χ2v) is 10.1. The van der Waals surface area contributed by atoms with Crippen LogP contribution in [0, 0.1) is 30.1 Å². The number of Topliss-reactive ketones (excluding diaryl/α,β-unsaturated/α-hetero) is 1. The van der Waals surface area contributed by atoms with Crippen molar-refractivity contribution < 1.29 is 4.79 Å². The number of benzene rings is 2. The van der Waals surface area contributed by atoms with Crippen LogP contribution < -0.4 is 0 Å². The summed E-state index contributed by atoms with van der Waals surface area (Å²) in [6.07, 6.45) is 3.62. The van der Waals surface area contributed by atoms with E-state index < -0.39 is 5.41 Å². The average molecular weight is 486 g/mol. The van der Waals surface area contributed by atoms with Gasteiger partial charge in [0, 0.05) is 32.8 Å². The minimum absolute atomic E-state index is 0.0382. The minimum Gasteiger partial charge on any atom is -0.296 e. The molecular formula is C27H24BrN3O. The normalized spacial score (nSPS) is 24.3. The predicted octanol–water partition coefficient (Wildman–Crippen LogP) is 6.10. The van der Waals surface area contributed by atoms with E-state index in [-0.39, 0.29) is 23.2 Å².